The van der Waals surface area contributed by atoms with Crippen molar-refractivity contribution in [2.45, 2.75) is 30.0 Å². The highest BCUT2D eigenvalue weighted by atomic mass is 32.2. The van der Waals surface area contributed by atoms with E-state index in [2.05, 4.69) is 31.1 Å². The molecule has 0 radical (unpaired) electrons. The third-order valence-corrected chi connectivity index (χ3v) is 5.49. The van der Waals surface area contributed by atoms with Crippen molar-refractivity contribution in [1.82, 2.24) is 20.8 Å². The van der Waals surface area contributed by atoms with Gasteiger partial charge >= 0.3 is 0 Å². The fraction of sp³-hybridized carbons (Fsp3) is 0.333. The number of hydrogen-bond donors (Lipinski definition) is 4. The number of thioether (sulfide) groups is 1. The molecule has 0 spiro atoms. The summed E-state index contributed by atoms with van der Waals surface area (Å²) in [4.78, 5) is 16.2. The zero-order valence-electron chi connectivity index (χ0n) is 13.6. The summed E-state index contributed by atoms with van der Waals surface area (Å²) in [5.74, 6) is 0.885. The summed E-state index contributed by atoms with van der Waals surface area (Å²) < 4.78 is 0.899. The summed E-state index contributed by atoms with van der Waals surface area (Å²) in [6.07, 6.45) is -0.165. The lowest BCUT2D eigenvalue weighted by Crippen LogP contribution is -2.57. The van der Waals surface area contributed by atoms with Gasteiger partial charge in [0.1, 0.15) is 5.01 Å². The predicted octanol–water partition coefficient (Wildman–Crippen LogP) is 1.13. The molecule has 8 nitrogen and oxygen atoms in total. The van der Waals surface area contributed by atoms with Crippen LogP contribution in [-0.4, -0.2) is 40.1 Å². The molecule has 132 valence electrons. The van der Waals surface area contributed by atoms with Gasteiger partial charge in [-0.1, -0.05) is 41.3 Å². The van der Waals surface area contributed by atoms with Gasteiger partial charge in [-0.3, -0.25) is 10.1 Å². The highest BCUT2D eigenvalue weighted by molar-refractivity contribution is 8.01. The lowest BCUT2D eigenvalue weighted by molar-refractivity contribution is -0.124. The van der Waals surface area contributed by atoms with Gasteiger partial charge < -0.3 is 16.4 Å². The van der Waals surface area contributed by atoms with Crippen molar-refractivity contribution in [3.63, 3.8) is 0 Å². The van der Waals surface area contributed by atoms with E-state index in [-0.39, 0.29) is 17.9 Å². The number of rotatable bonds is 5. The Balaban J connectivity index is 1.56. The molecule has 10 heteroatoms. The third kappa shape index (κ3) is 5.41. The quantitative estimate of drug-likeness (QED) is 0.350. The number of aryl methyl sites for hydroxylation is 1. The van der Waals surface area contributed by atoms with E-state index in [1.54, 1.807) is 23.1 Å². The zero-order valence-corrected chi connectivity index (χ0v) is 15.2. The molecule has 1 amide bonds. The second-order valence-electron chi connectivity index (χ2n) is 5.44. The first-order chi connectivity index (χ1) is 12.1. The van der Waals surface area contributed by atoms with Crippen LogP contribution in [0.25, 0.3) is 0 Å². The van der Waals surface area contributed by atoms with Gasteiger partial charge in [-0.25, -0.2) is 4.99 Å². The topological polar surface area (TPSA) is 117 Å². The average Bonchev–Trinajstić information content (AvgIpc) is 2.99. The highest BCUT2D eigenvalue weighted by Crippen LogP contribution is 2.23. The third-order valence-electron chi connectivity index (χ3n) is 3.35. The van der Waals surface area contributed by atoms with Crippen molar-refractivity contribution >= 4 is 40.7 Å². The molecule has 1 aliphatic heterocycles. The Labute approximate surface area is 153 Å². The number of guanidine groups is 1. The summed E-state index contributed by atoms with van der Waals surface area (Å²) >= 11 is 3.13. The molecule has 1 fully saturated rings. The first-order valence-corrected chi connectivity index (χ1v) is 9.52. The Kier molecular flexibility index (Phi) is 5.84. The highest BCUT2D eigenvalue weighted by Gasteiger charge is 2.26. The van der Waals surface area contributed by atoms with E-state index >= 15 is 0 Å². The van der Waals surface area contributed by atoms with Crippen LogP contribution in [0.3, 0.4) is 0 Å². The second kappa shape index (κ2) is 8.28. The molecule has 0 bridgehead atoms. The SMILES string of the molecule is Cc1nnc(SCC2CC(=O)NC(/N=C(\N)Nc3ccccc3)N2)s1. The molecule has 2 atom stereocenters. The van der Waals surface area contributed by atoms with Gasteiger partial charge in [-0.2, -0.15) is 0 Å². The lowest BCUT2D eigenvalue weighted by Gasteiger charge is -2.29. The fourth-order valence-electron chi connectivity index (χ4n) is 2.28. The van der Waals surface area contributed by atoms with E-state index in [4.69, 9.17) is 5.73 Å². The van der Waals surface area contributed by atoms with Gasteiger partial charge in [0.2, 0.25) is 5.91 Å². The van der Waals surface area contributed by atoms with E-state index in [9.17, 15) is 4.79 Å². The van der Waals surface area contributed by atoms with Crippen LogP contribution >= 0.6 is 23.1 Å². The summed E-state index contributed by atoms with van der Waals surface area (Å²) in [7, 11) is 0. The number of hydrogen-bond acceptors (Lipinski definition) is 7. The Hall–Kier alpha value is -2.17. The monoisotopic (exact) mass is 377 g/mol. The summed E-state index contributed by atoms with van der Waals surface area (Å²) in [6, 6.07) is 9.49. The Morgan fingerprint density at radius 1 is 1.44 bits per heavy atom. The molecule has 0 aliphatic carbocycles. The van der Waals surface area contributed by atoms with Crippen molar-refractivity contribution < 1.29 is 4.79 Å². The number of aliphatic imine (C=N–C) groups is 1. The van der Waals surface area contributed by atoms with Gasteiger partial charge in [0.15, 0.2) is 16.6 Å². The maximum Gasteiger partial charge on any atom is 0.224 e. The molecular formula is C15H19N7OS2. The van der Waals surface area contributed by atoms with Crippen LogP contribution in [0, 0.1) is 6.92 Å². The number of aromatic nitrogens is 2. The van der Waals surface area contributed by atoms with Crippen molar-refractivity contribution in [3.05, 3.63) is 35.3 Å². The maximum atomic E-state index is 11.9. The smallest absolute Gasteiger partial charge is 0.224 e. The number of nitrogens with two attached hydrogens (primary N) is 1. The fourth-order valence-corrected chi connectivity index (χ4v) is 4.16. The van der Waals surface area contributed by atoms with Gasteiger partial charge in [-0.05, 0) is 19.1 Å². The van der Waals surface area contributed by atoms with Crippen LogP contribution in [0.4, 0.5) is 5.69 Å². The molecular weight excluding hydrogens is 358 g/mol. The van der Waals surface area contributed by atoms with E-state index in [0.29, 0.717) is 12.2 Å². The molecule has 0 saturated carbocycles. The number of amides is 1. The normalized spacial score (nSPS) is 21.0. The maximum absolute atomic E-state index is 11.9. The second-order valence-corrected chi connectivity index (χ2v) is 7.89. The Morgan fingerprint density at radius 2 is 2.24 bits per heavy atom. The first kappa shape index (κ1) is 17.6. The van der Waals surface area contributed by atoms with E-state index in [1.807, 2.05) is 37.3 Å². The number of benzene rings is 1. The standard InChI is InChI=1S/C15H19N7OS2/c1-9-21-22-15(25-9)24-8-11-7-12(23)19-14(18-11)20-13(16)17-10-5-3-2-4-6-10/h2-6,11,14,18H,7-8H2,1H3,(H,19,23)(H3,16,17,20). The molecule has 2 unspecified atom stereocenters. The minimum Gasteiger partial charge on any atom is -0.370 e. The van der Waals surface area contributed by atoms with Crippen LogP contribution in [-0.2, 0) is 4.79 Å². The number of nitrogens with one attached hydrogen (secondary N) is 3. The summed E-state index contributed by atoms with van der Waals surface area (Å²) in [5, 5.41) is 18.0. The number of nitrogens with zero attached hydrogens (tertiary/aromatic N) is 3. The van der Waals surface area contributed by atoms with Gasteiger partial charge in [0.25, 0.3) is 0 Å². The molecule has 5 N–H and O–H groups in total. The van der Waals surface area contributed by atoms with E-state index in [1.165, 1.54) is 0 Å². The molecule has 1 aliphatic rings. The minimum absolute atomic E-state index is 0.0127. The predicted molar refractivity (Wildman–Crippen MR) is 101 cm³/mol. The largest absolute Gasteiger partial charge is 0.370 e. The minimum atomic E-state index is -0.556. The molecule has 2 heterocycles. The summed E-state index contributed by atoms with van der Waals surface area (Å²) in [6.45, 7) is 1.92. The molecule has 2 aromatic rings. The lowest BCUT2D eigenvalue weighted by atomic mass is 10.2. The van der Waals surface area contributed by atoms with Crippen LogP contribution < -0.4 is 21.7 Å². The zero-order chi connectivity index (χ0) is 17.6. The molecule has 1 aromatic heterocycles. The van der Waals surface area contributed by atoms with Crippen LogP contribution in [0.2, 0.25) is 0 Å². The Morgan fingerprint density at radius 3 is 2.96 bits per heavy atom. The number of carbonyl (C=O) groups excluding carboxylic acids is 1. The molecule has 1 aromatic carbocycles. The van der Waals surface area contributed by atoms with Crippen molar-refractivity contribution in [3.8, 4) is 0 Å². The van der Waals surface area contributed by atoms with Gasteiger partial charge in [0.05, 0.1) is 0 Å². The van der Waals surface area contributed by atoms with E-state index < -0.39 is 6.29 Å². The van der Waals surface area contributed by atoms with Crippen LogP contribution in [0.15, 0.2) is 39.7 Å². The Bertz CT molecular complexity index is 749. The summed E-state index contributed by atoms with van der Waals surface area (Å²) in [5.41, 5.74) is 6.76. The van der Waals surface area contributed by atoms with Crippen molar-refractivity contribution in [2.24, 2.45) is 10.7 Å². The number of anilines is 1. The number of para-hydroxylation sites is 1. The number of carbonyl (C=O) groups is 1. The molecule has 1 saturated heterocycles. The van der Waals surface area contributed by atoms with Crippen molar-refractivity contribution in [2.75, 3.05) is 11.1 Å². The van der Waals surface area contributed by atoms with Crippen LogP contribution in [0.1, 0.15) is 11.4 Å². The van der Waals surface area contributed by atoms with Crippen molar-refractivity contribution in [1.29, 1.82) is 0 Å². The van der Waals surface area contributed by atoms with Gasteiger partial charge in [0, 0.05) is 23.9 Å². The first-order valence-electron chi connectivity index (χ1n) is 7.72. The average molecular weight is 377 g/mol. The van der Waals surface area contributed by atoms with Crippen LogP contribution in [0.5, 0.6) is 0 Å². The van der Waals surface area contributed by atoms with E-state index in [0.717, 1.165) is 15.0 Å². The molecule has 3 rings (SSSR count). The van der Waals surface area contributed by atoms with Gasteiger partial charge in [-0.15, -0.1) is 10.2 Å². The molecule has 25 heavy (non-hydrogen) atoms.